The lowest BCUT2D eigenvalue weighted by Crippen LogP contribution is -2.37. The van der Waals surface area contributed by atoms with E-state index in [9.17, 15) is 4.79 Å². The van der Waals surface area contributed by atoms with E-state index in [-0.39, 0.29) is 11.9 Å². The first-order chi connectivity index (χ1) is 7.69. The van der Waals surface area contributed by atoms with Crippen LogP contribution in [0.3, 0.4) is 0 Å². The first-order valence-electron chi connectivity index (χ1n) is 5.62. The molecule has 16 heavy (non-hydrogen) atoms. The highest BCUT2D eigenvalue weighted by Gasteiger charge is 2.19. The van der Waals surface area contributed by atoms with Crippen LogP contribution in [-0.4, -0.2) is 19.1 Å². The van der Waals surface area contributed by atoms with E-state index in [1.165, 1.54) is 11.1 Å². The number of carbonyl (C=O) groups is 1. The zero-order valence-electron chi connectivity index (χ0n) is 9.75. The smallest absolute Gasteiger partial charge is 0.217 e. The number of benzene rings is 1. The second kappa shape index (κ2) is 4.56. The van der Waals surface area contributed by atoms with E-state index in [4.69, 9.17) is 4.74 Å². The number of rotatable bonds is 2. The minimum atomic E-state index is 0.0522. The Hall–Kier alpha value is -1.51. The third-order valence-corrected chi connectivity index (χ3v) is 3.05. The van der Waals surface area contributed by atoms with Crippen molar-refractivity contribution in [1.29, 1.82) is 0 Å². The summed E-state index contributed by atoms with van der Waals surface area (Å²) in [5.74, 6) is 0.943. The lowest BCUT2D eigenvalue weighted by Gasteiger charge is -2.25. The highest BCUT2D eigenvalue weighted by atomic mass is 16.5. The lowest BCUT2D eigenvalue weighted by atomic mass is 9.88. The van der Waals surface area contributed by atoms with Gasteiger partial charge < -0.3 is 10.1 Å². The number of amides is 1. The van der Waals surface area contributed by atoms with E-state index in [1.807, 2.05) is 6.07 Å². The first kappa shape index (κ1) is 11.0. The van der Waals surface area contributed by atoms with E-state index in [0.29, 0.717) is 0 Å². The van der Waals surface area contributed by atoms with Crippen molar-refractivity contribution in [2.45, 2.75) is 32.2 Å². The molecule has 1 amide bonds. The second-order valence-corrected chi connectivity index (χ2v) is 4.27. The highest BCUT2D eigenvalue weighted by Crippen LogP contribution is 2.25. The summed E-state index contributed by atoms with van der Waals surface area (Å²) in [6, 6.07) is 6.47. The van der Waals surface area contributed by atoms with Crippen molar-refractivity contribution in [2.75, 3.05) is 7.11 Å². The third kappa shape index (κ3) is 2.35. The molecule has 86 valence electrons. The van der Waals surface area contributed by atoms with Crippen molar-refractivity contribution in [3.8, 4) is 5.75 Å². The number of methoxy groups -OCH3 is 1. The monoisotopic (exact) mass is 219 g/mol. The van der Waals surface area contributed by atoms with Gasteiger partial charge in [-0.1, -0.05) is 6.07 Å². The van der Waals surface area contributed by atoms with Gasteiger partial charge in [-0.2, -0.15) is 0 Å². The highest BCUT2D eigenvalue weighted by molar-refractivity contribution is 5.73. The fourth-order valence-corrected chi connectivity index (χ4v) is 2.27. The Balaban J connectivity index is 2.14. The molecule has 2 rings (SSSR count). The second-order valence-electron chi connectivity index (χ2n) is 4.27. The van der Waals surface area contributed by atoms with Gasteiger partial charge in [0, 0.05) is 13.0 Å². The number of ether oxygens (including phenoxy) is 1. The molecule has 0 saturated carbocycles. The van der Waals surface area contributed by atoms with Gasteiger partial charge in [-0.3, -0.25) is 4.79 Å². The van der Waals surface area contributed by atoms with Crippen LogP contribution in [0.4, 0.5) is 0 Å². The summed E-state index contributed by atoms with van der Waals surface area (Å²) in [5.41, 5.74) is 2.67. The van der Waals surface area contributed by atoms with Crippen molar-refractivity contribution in [3.05, 3.63) is 29.3 Å². The molecule has 0 heterocycles. The average molecular weight is 219 g/mol. The number of nitrogens with one attached hydrogen (secondary N) is 1. The molecule has 0 bridgehead atoms. The predicted octanol–water partition coefficient (Wildman–Crippen LogP) is 1.69. The van der Waals surface area contributed by atoms with Crippen LogP contribution in [0.1, 0.15) is 24.5 Å². The van der Waals surface area contributed by atoms with Crippen molar-refractivity contribution in [2.24, 2.45) is 0 Å². The molecule has 1 atom stereocenters. The molecule has 0 aromatic heterocycles. The van der Waals surface area contributed by atoms with Crippen molar-refractivity contribution in [1.82, 2.24) is 5.32 Å². The van der Waals surface area contributed by atoms with E-state index in [2.05, 4.69) is 17.4 Å². The van der Waals surface area contributed by atoms with Crippen LogP contribution in [0.2, 0.25) is 0 Å². The summed E-state index contributed by atoms with van der Waals surface area (Å²) >= 11 is 0. The van der Waals surface area contributed by atoms with Gasteiger partial charge in [0.15, 0.2) is 0 Å². The Bertz CT molecular complexity index is 401. The van der Waals surface area contributed by atoms with Crippen molar-refractivity contribution in [3.63, 3.8) is 0 Å². The van der Waals surface area contributed by atoms with Gasteiger partial charge in [0.05, 0.1) is 7.11 Å². The lowest BCUT2D eigenvalue weighted by molar-refractivity contribution is -0.119. The molecule has 1 N–H and O–H groups in total. The van der Waals surface area contributed by atoms with Crippen LogP contribution in [0, 0.1) is 0 Å². The Kier molecular flexibility index (Phi) is 3.13. The zero-order valence-corrected chi connectivity index (χ0v) is 9.75. The van der Waals surface area contributed by atoms with Crippen molar-refractivity contribution >= 4 is 5.91 Å². The van der Waals surface area contributed by atoms with Gasteiger partial charge in [-0.15, -0.1) is 0 Å². The Labute approximate surface area is 95.8 Å². The minimum absolute atomic E-state index is 0.0522. The predicted molar refractivity (Wildman–Crippen MR) is 62.6 cm³/mol. The molecule has 1 aliphatic carbocycles. The summed E-state index contributed by atoms with van der Waals surface area (Å²) in [4.78, 5) is 11.0. The number of aryl methyl sites for hydroxylation is 1. The zero-order chi connectivity index (χ0) is 11.5. The van der Waals surface area contributed by atoms with E-state index in [0.717, 1.165) is 25.0 Å². The van der Waals surface area contributed by atoms with E-state index < -0.39 is 0 Å². The fraction of sp³-hybridized carbons (Fsp3) is 0.462. The third-order valence-electron chi connectivity index (χ3n) is 3.05. The summed E-state index contributed by atoms with van der Waals surface area (Å²) in [7, 11) is 1.68. The molecule has 1 aliphatic rings. The van der Waals surface area contributed by atoms with Crippen LogP contribution < -0.4 is 10.1 Å². The molecule has 0 spiro atoms. The molecule has 1 aromatic carbocycles. The Morgan fingerprint density at radius 3 is 2.94 bits per heavy atom. The van der Waals surface area contributed by atoms with Crippen LogP contribution >= 0.6 is 0 Å². The Morgan fingerprint density at radius 2 is 2.25 bits per heavy atom. The number of carbonyl (C=O) groups excluding carboxylic acids is 1. The maximum atomic E-state index is 11.0. The van der Waals surface area contributed by atoms with Gasteiger partial charge in [-0.25, -0.2) is 0 Å². The van der Waals surface area contributed by atoms with Gasteiger partial charge in [0.2, 0.25) is 5.91 Å². The van der Waals surface area contributed by atoms with Crippen molar-refractivity contribution < 1.29 is 9.53 Å². The van der Waals surface area contributed by atoms with Crippen LogP contribution in [0.5, 0.6) is 5.75 Å². The summed E-state index contributed by atoms with van der Waals surface area (Å²) in [6.07, 6.45) is 2.97. The fourth-order valence-electron chi connectivity index (χ4n) is 2.27. The Morgan fingerprint density at radius 1 is 1.44 bits per heavy atom. The minimum Gasteiger partial charge on any atom is -0.497 e. The van der Waals surface area contributed by atoms with Crippen LogP contribution in [-0.2, 0) is 17.6 Å². The van der Waals surface area contributed by atoms with Gasteiger partial charge >= 0.3 is 0 Å². The van der Waals surface area contributed by atoms with E-state index in [1.54, 1.807) is 14.0 Å². The quantitative estimate of drug-likeness (QED) is 0.822. The average Bonchev–Trinajstić information content (AvgIpc) is 2.27. The maximum absolute atomic E-state index is 11.0. The van der Waals surface area contributed by atoms with Gasteiger partial charge in [0.1, 0.15) is 5.75 Å². The normalized spacial score (nSPS) is 18.8. The number of hydrogen-bond acceptors (Lipinski definition) is 2. The topological polar surface area (TPSA) is 38.3 Å². The maximum Gasteiger partial charge on any atom is 0.217 e. The number of fused-ring (bicyclic) bond motifs is 1. The molecule has 3 nitrogen and oxygen atoms in total. The summed E-state index contributed by atoms with van der Waals surface area (Å²) in [6.45, 7) is 1.57. The molecule has 0 fully saturated rings. The molecule has 0 unspecified atom stereocenters. The summed E-state index contributed by atoms with van der Waals surface area (Å²) < 4.78 is 5.21. The molecule has 3 heteroatoms. The molecule has 0 aliphatic heterocycles. The van der Waals surface area contributed by atoms with Gasteiger partial charge in [0.25, 0.3) is 0 Å². The molecule has 0 saturated heterocycles. The van der Waals surface area contributed by atoms with Crippen LogP contribution in [0.25, 0.3) is 0 Å². The van der Waals surface area contributed by atoms with Gasteiger partial charge in [-0.05, 0) is 42.5 Å². The standard InChI is InChI=1S/C13H17NO2/c1-9(15)14-12-5-3-10-4-6-13(16-2)8-11(10)7-12/h4,6,8,12H,3,5,7H2,1-2H3,(H,14,15)/t12-/m0/s1. The first-order valence-corrected chi connectivity index (χ1v) is 5.62. The molecule has 1 aromatic rings. The molecule has 0 radical (unpaired) electrons. The molecular formula is C13H17NO2. The van der Waals surface area contributed by atoms with Crippen LogP contribution in [0.15, 0.2) is 18.2 Å². The number of hydrogen-bond donors (Lipinski definition) is 1. The molecular weight excluding hydrogens is 202 g/mol. The van der Waals surface area contributed by atoms with E-state index >= 15 is 0 Å². The SMILES string of the molecule is COc1ccc2c(c1)C[C@@H](NC(C)=O)CC2. The summed E-state index contributed by atoms with van der Waals surface area (Å²) in [5, 5.41) is 2.98. The largest absolute Gasteiger partial charge is 0.497 e.